The molecule has 0 bridgehead atoms. The number of hydrogen-bond donors (Lipinski definition) is 2. The van der Waals surface area contributed by atoms with Crippen LogP contribution in [0.2, 0.25) is 0 Å². The zero-order valence-electron chi connectivity index (χ0n) is 14.4. The van der Waals surface area contributed by atoms with Crippen LogP contribution in [0.1, 0.15) is 32.8 Å². The van der Waals surface area contributed by atoms with E-state index in [1.165, 1.54) is 19.2 Å². The number of aryl methyl sites for hydroxylation is 1. The van der Waals surface area contributed by atoms with Gasteiger partial charge in [0.15, 0.2) is 6.61 Å². The molecule has 0 heterocycles. The van der Waals surface area contributed by atoms with Gasteiger partial charge in [-0.05, 0) is 51.9 Å². The van der Waals surface area contributed by atoms with Crippen molar-refractivity contribution in [2.24, 2.45) is 0 Å². The van der Waals surface area contributed by atoms with Crippen LogP contribution in [-0.4, -0.2) is 39.5 Å². The molecule has 1 aromatic rings. The SMILES string of the molecule is CNS(=O)(=O)c1ccc(CCC(=O)OCC(=O)NC(C)(C)C)cc1. The van der Waals surface area contributed by atoms with E-state index in [-0.39, 0.29) is 29.4 Å². The maximum atomic E-state index is 11.7. The van der Waals surface area contributed by atoms with Crippen molar-refractivity contribution in [3.8, 4) is 0 Å². The van der Waals surface area contributed by atoms with E-state index >= 15 is 0 Å². The highest BCUT2D eigenvalue weighted by Gasteiger charge is 2.15. The Morgan fingerprint density at radius 1 is 1.12 bits per heavy atom. The van der Waals surface area contributed by atoms with Gasteiger partial charge in [0.1, 0.15) is 0 Å². The molecule has 1 rings (SSSR count). The first-order valence-corrected chi connectivity index (χ1v) is 9.01. The molecule has 0 atom stereocenters. The Hall–Kier alpha value is -1.93. The Labute approximate surface area is 142 Å². The summed E-state index contributed by atoms with van der Waals surface area (Å²) < 4.78 is 30.3. The molecule has 0 unspecified atom stereocenters. The second kappa shape index (κ2) is 8.25. The maximum absolute atomic E-state index is 11.7. The summed E-state index contributed by atoms with van der Waals surface area (Å²) in [7, 11) is -2.12. The average molecular weight is 356 g/mol. The molecular formula is C16H24N2O5S. The van der Waals surface area contributed by atoms with Crippen LogP contribution in [0.3, 0.4) is 0 Å². The number of carbonyl (C=O) groups excluding carboxylic acids is 2. The van der Waals surface area contributed by atoms with Crippen LogP contribution in [0, 0.1) is 0 Å². The summed E-state index contributed by atoms with van der Waals surface area (Å²) in [6.07, 6.45) is 0.514. The van der Waals surface area contributed by atoms with Crippen molar-refractivity contribution in [1.82, 2.24) is 10.0 Å². The third kappa shape index (κ3) is 7.10. The van der Waals surface area contributed by atoms with E-state index < -0.39 is 16.0 Å². The van der Waals surface area contributed by atoms with Gasteiger partial charge in [-0.1, -0.05) is 12.1 Å². The zero-order chi connectivity index (χ0) is 18.4. The molecular weight excluding hydrogens is 332 g/mol. The quantitative estimate of drug-likeness (QED) is 0.709. The summed E-state index contributed by atoms with van der Waals surface area (Å²) in [6, 6.07) is 6.24. The van der Waals surface area contributed by atoms with Crippen molar-refractivity contribution in [1.29, 1.82) is 0 Å². The zero-order valence-corrected chi connectivity index (χ0v) is 15.2. The lowest BCUT2D eigenvalue weighted by Gasteiger charge is -2.20. The molecule has 24 heavy (non-hydrogen) atoms. The van der Waals surface area contributed by atoms with Crippen molar-refractivity contribution in [2.75, 3.05) is 13.7 Å². The molecule has 0 saturated heterocycles. The lowest BCUT2D eigenvalue weighted by atomic mass is 10.1. The monoisotopic (exact) mass is 356 g/mol. The predicted octanol–water partition coefficient (Wildman–Crippen LogP) is 0.985. The number of amides is 1. The topological polar surface area (TPSA) is 102 Å². The van der Waals surface area contributed by atoms with Crippen LogP contribution in [0.5, 0.6) is 0 Å². The number of ether oxygens (including phenoxy) is 1. The fraction of sp³-hybridized carbons (Fsp3) is 0.500. The van der Waals surface area contributed by atoms with Crippen LogP contribution in [0.4, 0.5) is 0 Å². The third-order valence-corrected chi connectivity index (χ3v) is 4.43. The normalized spacial score (nSPS) is 11.8. The fourth-order valence-electron chi connectivity index (χ4n) is 1.87. The Morgan fingerprint density at radius 2 is 1.71 bits per heavy atom. The number of hydrogen-bond acceptors (Lipinski definition) is 5. The summed E-state index contributed by atoms with van der Waals surface area (Å²) in [5, 5.41) is 2.70. The van der Waals surface area contributed by atoms with Crippen molar-refractivity contribution in [3.63, 3.8) is 0 Å². The van der Waals surface area contributed by atoms with Crippen LogP contribution in [-0.2, 0) is 30.8 Å². The van der Waals surface area contributed by atoms with Crippen molar-refractivity contribution in [3.05, 3.63) is 29.8 Å². The molecule has 0 radical (unpaired) electrons. The number of nitrogens with one attached hydrogen (secondary N) is 2. The van der Waals surface area contributed by atoms with E-state index in [1.54, 1.807) is 12.1 Å². The summed E-state index contributed by atoms with van der Waals surface area (Å²) in [4.78, 5) is 23.4. The van der Waals surface area contributed by atoms with Crippen LogP contribution >= 0.6 is 0 Å². The molecule has 1 aromatic carbocycles. The van der Waals surface area contributed by atoms with E-state index in [1.807, 2.05) is 20.8 Å². The molecule has 7 nitrogen and oxygen atoms in total. The van der Waals surface area contributed by atoms with Gasteiger partial charge in [0.25, 0.3) is 5.91 Å². The molecule has 8 heteroatoms. The van der Waals surface area contributed by atoms with Gasteiger partial charge in [0.05, 0.1) is 4.90 Å². The van der Waals surface area contributed by atoms with Crippen molar-refractivity contribution >= 4 is 21.9 Å². The summed E-state index contributed by atoms with van der Waals surface area (Å²) in [6.45, 7) is 5.20. The molecule has 0 fully saturated rings. The first kappa shape index (κ1) is 20.1. The van der Waals surface area contributed by atoms with E-state index in [4.69, 9.17) is 4.74 Å². The fourth-order valence-corrected chi connectivity index (χ4v) is 2.60. The van der Waals surface area contributed by atoms with Crippen molar-refractivity contribution in [2.45, 2.75) is 44.0 Å². The second-order valence-corrected chi connectivity index (χ2v) is 8.20. The van der Waals surface area contributed by atoms with Gasteiger partial charge < -0.3 is 10.1 Å². The van der Waals surface area contributed by atoms with E-state index in [9.17, 15) is 18.0 Å². The Morgan fingerprint density at radius 3 is 2.21 bits per heavy atom. The Bertz CT molecular complexity index is 675. The molecule has 0 aliphatic carbocycles. The summed E-state index contributed by atoms with van der Waals surface area (Å²) in [5.74, 6) is -0.830. The minimum atomic E-state index is -3.47. The lowest BCUT2D eigenvalue weighted by molar-refractivity contribution is -0.148. The van der Waals surface area contributed by atoms with Crippen LogP contribution in [0.15, 0.2) is 29.2 Å². The molecule has 134 valence electrons. The molecule has 2 N–H and O–H groups in total. The molecule has 0 aromatic heterocycles. The first-order valence-electron chi connectivity index (χ1n) is 7.52. The van der Waals surface area contributed by atoms with Crippen LogP contribution < -0.4 is 10.0 Å². The molecule has 0 aliphatic rings. The van der Waals surface area contributed by atoms with Crippen molar-refractivity contribution < 1.29 is 22.7 Å². The first-order chi connectivity index (χ1) is 11.0. The molecule has 0 saturated carbocycles. The van der Waals surface area contributed by atoms with E-state index in [0.29, 0.717) is 6.42 Å². The highest BCUT2D eigenvalue weighted by molar-refractivity contribution is 7.89. The highest BCUT2D eigenvalue weighted by atomic mass is 32.2. The third-order valence-electron chi connectivity index (χ3n) is 3.00. The minimum absolute atomic E-state index is 0.112. The summed E-state index contributed by atoms with van der Waals surface area (Å²) in [5.41, 5.74) is 0.431. The van der Waals surface area contributed by atoms with Gasteiger partial charge in [-0.25, -0.2) is 13.1 Å². The Balaban J connectivity index is 2.44. The number of rotatable bonds is 7. The molecule has 1 amide bonds. The highest BCUT2D eigenvalue weighted by Crippen LogP contribution is 2.11. The average Bonchev–Trinajstić information content (AvgIpc) is 2.49. The van der Waals surface area contributed by atoms with Gasteiger partial charge in [0.2, 0.25) is 10.0 Å². The second-order valence-electron chi connectivity index (χ2n) is 6.31. The molecule has 0 spiro atoms. The van der Waals surface area contributed by atoms with Gasteiger partial charge in [-0.3, -0.25) is 9.59 Å². The maximum Gasteiger partial charge on any atom is 0.306 e. The number of sulfonamides is 1. The van der Waals surface area contributed by atoms with E-state index in [2.05, 4.69) is 10.0 Å². The van der Waals surface area contributed by atoms with Gasteiger partial charge in [-0.2, -0.15) is 0 Å². The lowest BCUT2D eigenvalue weighted by Crippen LogP contribution is -2.42. The largest absolute Gasteiger partial charge is 0.456 e. The number of benzene rings is 1. The Kier molecular flexibility index (Phi) is 6.92. The number of esters is 1. The van der Waals surface area contributed by atoms with Crippen LogP contribution in [0.25, 0.3) is 0 Å². The minimum Gasteiger partial charge on any atom is -0.456 e. The van der Waals surface area contributed by atoms with Gasteiger partial charge in [0, 0.05) is 12.0 Å². The molecule has 0 aliphatic heterocycles. The standard InChI is InChI=1S/C16H24N2O5S/c1-16(2,3)18-14(19)11-23-15(20)10-7-12-5-8-13(9-6-12)24(21,22)17-4/h5-6,8-9,17H,7,10-11H2,1-4H3,(H,18,19). The van der Waals surface area contributed by atoms with E-state index in [0.717, 1.165) is 5.56 Å². The summed E-state index contributed by atoms with van der Waals surface area (Å²) >= 11 is 0. The number of carbonyl (C=O) groups is 2. The smallest absolute Gasteiger partial charge is 0.306 e. The van der Waals surface area contributed by atoms with Gasteiger partial charge >= 0.3 is 5.97 Å². The van der Waals surface area contributed by atoms with Gasteiger partial charge in [-0.15, -0.1) is 0 Å². The predicted molar refractivity (Wildman–Crippen MR) is 89.9 cm³/mol.